The Balaban J connectivity index is 1.66. The van der Waals surface area contributed by atoms with Crippen molar-refractivity contribution >= 4 is 15.9 Å². The van der Waals surface area contributed by atoms with Crippen molar-refractivity contribution in [2.24, 2.45) is 5.92 Å². The normalized spacial score (nSPS) is 21.8. The third kappa shape index (κ3) is 6.44. The highest BCUT2D eigenvalue weighted by atomic mass is 32.2. The van der Waals surface area contributed by atoms with Crippen LogP contribution in [0, 0.1) is 24.7 Å². The Hall–Kier alpha value is -2.97. The highest BCUT2D eigenvalue weighted by molar-refractivity contribution is 7.89. The number of pyridine rings is 1. The van der Waals surface area contributed by atoms with E-state index >= 15 is 0 Å². The fourth-order valence-electron chi connectivity index (χ4n) is 4.90. The molecule has 1 aromatic heterocycles. The topological polar surface area (TPSA) is 120 Å². The van der Waals surface area contributed by atoms with Gasteiger partial charge in [-0.05, 0) is 57.7 Å². The molecule has 1 aliphatic carbocycles. The molecule has 0 bridgehead atoms. The van der Waals surface area contributed by atoms with E-state index in [0.717, 1.165) is 18.4 Å². The summed E-state index contributed by atoms with van der Waals surface area (Å²) in [6.45, 7) is 5.57. The van der Waals surface area contributed by atoms with Crippen LogP contribution in [0.25, 0.3) is 0 Å². The SMILES string of the molecule is Cc1ccc(S(=O)(=O)N(C)C[C@H]2Oc3ncc(C#CC4(O)CCCC4)cc3C(=O)N([C@H](C)CO)C[C@H]2C)cc1. The number of amides is 1. The predicted octanol–water partition coefficient (Wildman–Crippen LogP) is 2.59. The van der Waals surface area contributed by atoms with Gasteiger partial charge >= 0.3 is 0 Å². The minimum absolute atomic E-state index is 0.0304. The first-order valence-corrected chi connectivity index (χ1v) is 14.7. The number of carbonyl (C=O) groups excluding carboxylic acids is 1. The summed E-state index contributed by atoms with van der Waals surface area (Å²) in [7, 11) is -2.28. The fourth-order valence-corrected chi connectivity index (χ4v) is 6.09. The first kappa shape index (κ1) is 29.0. The second-order valence-corrected chi connectivity index (χ2v) is 12.8. The summed E-state index contributed by atoms with van der Waals surface area (Å²) >= 11 is 0. The van der Waals surface area contributed by atoms with E-state index in [9.17, 15) is 23.4 Å². The molecule has 2 aliphatic rings. The number of hydrogen-bond donors (Lipinski definition) is 2. The Kier molecular flexibility index (Phi) is 8.66. The average Bonchev–Trinajstić information content (AvgIpc) is 3.35. The van der Waals surface area contributed by atoms with Crippen molar-refractivity contribution in [2.75, 3.05) is 26.7 Å². The number of aliphatic hydroxyl groups excluding tert-OH is 1. The molecule has 1 aliphatic heterocycles. The Labute approximate surface area is 230 Å². The van der Waals surface area contributed by atoms with Crippen LogP contribution in [0.4, 0.5) is 0 Å². The molecule has 1 amide bonds. The Morgan fingerprint density at radius 2 is 1.92 bits per heavy atom. The van der Waals surface area contributed by atoms with Crippen LogP contribution in [0.1, 0.15) is 61.0 Å². The minimum Gasteiger partial charge on any atom is -0.472 e. The van der Waals surface area contributed by atoms with E-state index in [1.807, 2.05) is 13.8 Å². The fraction of sp³-hybridized carbons (Fsp3) is 0.517. The standard InChI is InChI=1S/C29H37N3O6S/c1-20-7-9-24(10-8-20)39(36,37)31(4)18-26-21(2)17-32(22(3)19-33)28(34)25-15-23(16-30-27(25)38-26)11-14-29(35)12-5-6-13-29/h7-10,15-16,21-22,26,33,35H,5-6,12-13,17-19H2,1-4H3/t21-,22-,26-/m1/s1. The molecule has 9 nitrogen and oxygen atoms in total. The Morgan fingerprint density at radius 3 is 2.56 bits per heavy atom. The molecule has 2 heterocycles. The molecule has 0 saturated heterocycles. The van der Waals surface area contributed by atoms with Crippen molar-refractivity contribution in [3.8, 4) is 17.7 Å². The smallest absolute Gasteiger partial charge is 0.259 e. The first-order valence-electron chi connectivity index (χ1n) is 13.3. The molecule has 1 saturated carbocycles. The second-order valence-electron chi connectivity index (χ2n) is 10.8. The van der Waals surface area contributed by atoms with Crippen LogP contribution in [-0.2, 0) is 10.0 Å². The van der Waals surface area contributed by atoms with Gasteiger partial charge in [-0.3, -0.25) is 4.79 Å². The van der Waals surface area contributed by atoms with Gasteiger partial charge in [0.15, 0.2) is 0 Å². The van der Waals surface area contributed by atoms with E-state index in [1.165, 1.54) is 17.5 Å². The molecule has 1 aromatic carbocycles. The summed E-state index contributed by atoms with van der Waals surface area (Å²) in [5.41, 5.74) is 0.574. The van der Waals surface area contributed by atoms with Crippen molar-refractivity contribution in [1.29, 1.82) is 0 Å². The van der Waals surface area contributed by atoms with Gasteiger partial charge in [-0.2, -0.15) is 4.31 Å². The van der Waals surface area contributed by atoms with Crippen molar-refractivity contribution < 1.29 is 28.2 Å². The lowest BCUT2D eigenvalue weighted by atomic mass is 10.00. The number of aliphatic hydroxyl groups is 2. The number of rotatable bonds is 6. The monoisotopic (exact) mass is 555 g/mol. The number of sulfonamides is 1. The van der Waals surface area contributed by atoms with Gasteiger partial charge in [0.05, 0.1) is 24.1 Å². The number of aryl methyl sites for hydroxylation is 1. The zero-order valence-corrected chi connectivity index (χ0v) is 23.7. The zero-order chi connectivity index (χ0) is 28.4. The van der Waals surface area contributed by atoms with Gasteiger partial charge in [0.25, 0.3) is 5.91 Å². The van der Waals surface area contributed by atoms with Crippen LogP contribution in [0.5, 0.6) is 5.88 Å². The molecule has 3 atom stereocenters. The lowest BCUT2D eigenvalue weighted by molar-refractivity contribution is 0.0373. The molecule has 4 rings (SSSR count). The number of likely N-dealkylation sites (N-methyl/N-ethyl adjacent to an activating group) is 1. The van der Waals surface area contributed by atoms with Gasteiger partial charge in [-0.1, -0.05) is 36.5 Å². The van der Waals surface area contributed by atoms with Crippen LogP contribution >= 0.6 is 0 Å². The maximum absolute atomic E-state index is 13.6. The molecule has 210 valence electrons. The van der Waals surface area contributed by atoms with Gasteiger partial charge in [0.2, 0.25) is 15.9 Å². The van der Waals surface area contributed by atoms with Gasteiger partial charge in [0, 0.05) is 31.3 Å². The van der Waals surface area contributed by atoms with Crippen molar-refractivity contribution in [2.45, 2.75) is 69.1 Å². The van der Waals surface area contributed by atoms with E-state index in [-0.39, 0.29) is 47.9 Å². The number of hydrogen-bond acceptors (Lipinski definition) is 7. The van der Waals surface area contributed by atoms with Crippen LogP contribution < -0.4 is 4.74 Å². The highest BCUT2D eigenvalue weighted by Gasteiger charge is 2.36. The molecular formula is C29H37N3O6S. The Bertz CT molecular complexity index is 1360. The molecule has 0 spiro atoms. The summed E-state index contributed by atoms with van der Waals surface area (Å²) in [6.07, 6.45) is 3.93. The van der Waals surface area contributed by atoms with Crippen molar-refractivity contribution in [3.63, 3.8) is 0 Å². The summed E-state index contributed by atoms with van der Waals surface area (Å²) in [5, 5.41) is 20.5. The molecule has 0 radical (unpaired) electrons. The average molecular weight is 556 g/mol. The predicted molar refractivity (Wildman–Crippen MR) is 147 cm³/mol. The number of aromatic nitrogens is 1. The van der Waals surface area contributed by atoms with E-state index in [1.54, 1.807) is 42.2 Å². The molecule has 39 heavy (non-hydrogen) atoms. The maximum atomic E-state index is 13.6. The summed E-state index contributed by atoms with van der Waals surface area (Å²) < 4.78 is 34.0. The highest BCUT2D eigenvalue weighted by Crippen LogP contribution is 2.30. The molecule has 10 heteroatoms. The lowest BCUT2D eigenvalue weighted by Gasteiger charge is -2.37. The largest absolute Gasteiger partial charge is 0.472 e. The number of ether oxygens (including phenoxy) is 1. The summed E-state index contributed by atoms with van der Waals surface area (Å²) in [5.74, 6) is 5.35. The number of fused-ring (bicyclic) bond motifs is 1. The summed E-state index contributed by atoms with van der Waals surface area (Å²) in [6, 6.07) is 7.77. The lowest BCUT2D eigenvalue weighted by Crippen LogP contribution is -2.50. The van der Waals surface area contributed by atoms with Crippen molar-refractivity contribution in [1.82, 2.24) is 14.2 Å². The molecule has 2 N–H and O–H groups in total. The van der Waals surface area contributed by atoms with Gasteiger partial charge in [-0.15, -0.1) is 0 Å². The molecular weight excluding hydrogens is 518 g/mol. The molecule has 1 fully saturated rings. The Morgan fingerprint density at radius 1 is 1.26 bits per heavy atom. The van der Waals surface area contributed by atoms with Crippen LogP contribution in [0.15, 0.2) is 41.4 Å². The van der Waals surface area contributed by atoms with Crippen LogP contribution in [0.2, 0.25) is 0 Å². The maximum Gasteiger partial charge on any atom is 0.259 e. The number of benzene rings is 1. The van der Waals surface area contributed by atoms with E-state index in [4.69, 9.17) is 4.74 Å². The second kappa shape index (κ2) is 11.6. The third-order valence-corrected chi connectivity index (χ3v) is 9.40. The van der Waals surface area contributed by atoms with E-state index < -0.39 is 27.8 Å². The molecule has 0 unspecified atom stereocenters. The van der Waals surface area contributed by atoms with Crippen LogP contribution in [0.3, 0.4) is 0 Å². The van der Waals surface area contributed by atoms with Crippen LogP contribution in [-0.4, -0.2) is 83.2 Å². The zero-order valence-electron chi connectivity index (χ0n) is 22.9. The number of carbonyl (C=O) groups is 1. The first-order chi connectivity index (χ1) is 18.4. The van der Waals surface area contributed by atoms with Gasteiger partial charge < -0.3 is 19.8 Å². The van der Waals surface area contributed by atoms with Gasteiger partial charge in [-0.25, -0.2) is 13.4 Å². The minimum atomic E-state index is -3.78. The third-order valence-electron chi connectivity index (χ3n) is 7.56. The van der Waals surface area contributed by atoms with Crippen molar-refractivity contribution in [3.05, 3.63) is 53.2 Å². The van der Waals surface area contributed by atoms with E-state index in [0.29, 0.717) is 18.4 Å². The molecule has 2 aromatic rings. The summed E-state index contributed by atoms with van der Waals surface area (Å²) in [4.78, 5) is 19.8. The van der Waals surface area contributed by atoms with Gasteiger partial charge in [0.1, 0.15) is 17.3 Å². The quantitative estimate of drug-likeness (QED) is 0.526. The number of nitrogens with zero attached hydrogens (tertiary/aromatic N) is 3. The van der Waals surface area contributed by atoms with E-state index in [2.05, 4.69) is 16.8 Å².